The average Bonchev–Trinajstić information content (AvgIpc) is 2.79. The van der Waals surface area contributed by atoms with Crippen molar-refractivity contribution in [2.45, 2.75) is 30.8 Å². The number of aromatic nitrogens is 2. The van der Waals surface area contributed by atoms with E-state index in [0.717, 1.165) is 31.7 Å². The van der Waals surface area contributed by atoms with Gasteiger partial charge in [-0.15, -0.1) is 10.2 Å². The lowest BCUT2D eigenvalue weighted by Crippen LogP contribution is -2.33. The van der Waals surface area contributed by atoms with E-state index in [2.05, 4.69) is 26.7 Å². The van der Waals surface area contributed by atoms with Crippen LogP contribution < -0.4 is 9.62 Å². The lowest BCUT2D eigenvalue weighted by molar-refractivity contribution is -0.140. The number of nitrogens with one attached hydrogen (secondary N) is 1. The molecular weight excluding hydrogens is 472 g/mol. The van der Waals surface area contributed by atoms with Crippen molar-refractivity contribution in [2.24, 2.45) is 5.92 Å². The first kappa shape index (κ1) is 23.9. The fourth-order valence-corrected chi connectivity index (χ4v) is 4.77. The van der Waals surface area contributed by atoms with Gasteiger partial charge >= 0.3 is 6.18 Å². The van der Waals surface area contributed by atoms with Crippen LogP contribution in [-0.4, -0.2) is 31.7 Å². The van der Waals surface area contributed by atoms with Gasteiger partial charge in [-0.25, -0.2) is 12.8 Å². The van der Waals surface area contributed by atoms with Crippen molar-refractivity contribution in [3.05, 3.63) is 66.0 Å². The molecule has 34 heavy (non-hydrogen) atoms. The van der Waals surface area contributed by atoms with E-state index >= 15 is 0 Å². The third-order valence-electron chi connectivity index (χ3n) is 5.75. The maximum atomic E-state index is 13.8. The molecule has 0 amide bonds. The number of sulfonamides is 1. The molecule has 0 unspecified atom stereocenters. The Labute approximate surface area is 194 Å². The number of alkyl halides is 3. The molecule has 1 fully saturated rings. The maximum Gasteiger partial charge on any atom is 0.419 e. The molecule has 0 aliphatic carbocycles. The van der Waals surface area contributed by atoms with Gasteiger partial charge in [0.25, 0.3) is 10.0 Å². The van der Waals surface area contributed by atoms with Crippen molar-refractivity contribution in [1.29, 1.82) is 0 Å². The minimum Gasteiger partial charge on any atom is -0.355 e. The molecular formula is C23H22F4N4O2S. The van der Waals surface area contributed by atoms with Crippen molar-refractivity contribution in [1.82, 2.24) is 10.2 Å². The van der Waals surface area contributed by atoms with E-state index in [9.17, 15) is 26.0 Å². The average molecular weight is 495 g/mol. The lowest BCUT2D eigenvalue weighted by atomic mass is 9.99. The third kappa shape index (κ3) is 5.30. The molecule has 3 aromatic rings. The Balaban J connectivity index is 1.46. The summed E-state index contributed by atoms with van der Waals surface area (Å²) in [7, 11) is -4.29. The first-order valence-corrected chi connectivity index (χ1v) is 12.1. The fourth-order valence-electron chi connectivity index (χ4n) is 3.70. The second kappa shape index (κ2) is 9.21. The molecule has 1 N–H and O–H groups in total. The van der Waals surface area contributed by atoms with Gasteiger partial charge in [-0.1, -0.05) is 19.1 Å². The summed E-state index contributed by atoms with van der Waals surface area (Å²) in [5.74, 6) is -0.145. The zero-order valence-electron chi connectivity index (χ0n) is 18.2. The molecule has 1 aliphatic rings. The normalized spacial score (nSPS) is 15.4. The summed E-state index contributed by atoms with van der Waals surface area (Å²) in [5, 5.41) is 8.58. The fraction of sp³-hybridized carbons (Fsp3) is 0.304. The molecule has 2 aromatic carbocycles. The molecule has 0 radical (unpaired) electrons. The minimum atomic E-state index is -4.91. The molecule has 0 atom stereocenters. The Bertz CT molecular complexity index is 1260. The zero-order chi connectivity index (χ0) is 24.5. The van der Waals surface area contributed by atoms with Gasteiger partial charge < -0.3 is 4.90 Å². The number of anilines is 2. The van der Waals surface area contributed by atoms with Gasteiger partial charge in [-0.3, -0.25) is 4.72 Å². The molecule has 1 aliphatic heterocycles. The van der Waals surface area contributed by atoms with Gasteiger partial charge in [0, 0.05) is 24.3 Å². The summed E-state index contributed by atoms with van der Waals surface area (Å²) in [5.41, 5.74) is -0.0583. The standard InChI is InChI=1S/C23H22F4N4O2S/c1-15-10-12-31(13-11-15)22-9-8-21(28-29-22)16-2-4-17(5-3-16)30-34(32,33)18-6-7-19(20(24)14-18)23(25,26)27/h2-9,14-15,30H,10-13H2,1H3. The molecule has 0 saturated carbocycles. The van der Waals surface area contributed by atoms with Crippen molar-refractivity contribution in [2.75, 3.05) is 22.7 Å². The first-order chi connectivity index (χ1) is 16.0. The zero-order valence-corrected chi connectivity index (χ0v) is 19.0. The number of benzene rings is 2. The summed E-state index contributed by atoms with van der Waals surface area (Å²) in [6.45, 7) is 4.11. The number of nitrogens with zero attached hydrogens (tertiary/aromatic N) is 3. The molecule has 4 rings (SSSR count). The van der Waals surface area contributed by atoms with Crippen molar-refractivity contribution < 1.29 is 26.0 Å². The van der Waals surface area contributed by atoms with Crippen LogP contribution in [0.3, 0.4) is 0 Å². The van der Waals surface area contributed by atoms with Crippen molar-refractivity contribution in [3.8, 4) is 11.3 Å². The number of piperidine rings is 1. The van der Waals surface area contributed by atoms with Crippen LogP contribution >= 0.6 is 0 Å². The number of hydrogen-bond acceptors (Lipinski definition) is 5. The van der Waals surface area contributed by atoms with Crippen LogP contribution in [0.15, 0.2) is 59.5 Å². The van der Waals surface area contributed by atoms with E-state index in [0.29, 0.717) is 35.4 Å². The van der Waals surface area contributed by atoms with E-state index < -0.39 is 32.5 Å². The van der Waals surface area contributed by atoms with Crippen LogP contribution in [-0.2, 0) is 16.2 Å². The highest BCUT2D eigenvalue weighted by atomic mass is 32.2. The van der Waals surface area contributed by atoms with Crippen LogP contribution in [0.1, 0.15) is 25.3 Å². The van der Waals surface area contributed by atoms with Gasteiger partial charge in [0.05, 0.1) is 16.2 Å². The van der Waals surface area contributed by atoms with Gasteiger partial charge in [0.1, 0.15) is 5.82 Å². The van der Waals surface area contributed by atoms with Crippen LogP contribution in [0.5, 0.6) is 0 Å². The van der Waals surface area contributed by atoms with E-state index in [1.807, 2.05) is 12.1 Å². The smallest absolute Gasteiger partial charge is 0.355 e. The summed E-state index contributed by atoms with van der Waals surface area (Å²) in [6, 6.07) is 11.4. The predicted molar refractivity (Wildman–Crippen MR) is 120 cm³/mol. The highest BCUT2D eigenvalue weighted by Gasteiger charge is 2.34. The Morgan fingerprint density at radius 2 is 1.65 bits per heavy atom. The topological polar surface area (TPSA) is 75.2 Å². The monoisotopic (exact) mass is 494 g/mol. The second-order valence-electron chi connectivity index (χ2n) is 8.27. The van der Waals surface area contributed by atoms with Gasteiger partial charge in [0.2, 0.25) is 0 Å². The van der Waals surface area contributed by atoms with Crippen molar-refractivity contribution >= 4 is 21.5 Å². The molecule has 2 heterocycles. The summed E-state index contributed by atoms with van der Waals surface area (Å²) < 4.78 is 79.2. The Kier molecular flexibility index (Phi) is 6.48. The van der Waals surface area contributed by atoms with Crippen molar-refractivity contribution in [3.63, 3.8) is 0 Å². The summed E-state index contributed by atoms with van der Waals surface area (Å²) in [4.78, 5) is 1.58. The highest BCUT2D eigenvalue weighted by molar-refractivity contribution is 7.92. The summed E-state index contributed by atoms with van der Waals surface area (Å²) >= 11 is 0. The van der Waals surface area contributed by atoms with E-state index in [1.165, 1.54) is 12.1 Å². The van der Waals surface area contributed by atoms with Crippen LogP contribution in [0.2, 0.25) is 0 Å². The summed E-state index contributed by atoms with van der Waals surface area (Å²) in [6.07, 6.45) is -2.69. The number of halogens is 4. The Morgan fingerprint density at radius 3 is 2.21 bits per heavy atom. The van der Waals surface area contributed by atoms with Crippen LogP contribution in [0, 0.1) is 11.7 Å². The Hall–Kier alpha value is -3.21. The molecule has 180 valence electrons. The number of rotatable bonds is 5. The van der Waals surface area contributed by atoms with E-state index in [-0.39, 0.29) is 5.69 Å². The van der Waals surface area contributed by atoms with E-state index in [4.69, 9.17) is 0 Å². The Morgan fingerprint density at radius 1 is 0.971 bits per heavy atom. The van der Waals surface area contributed by atoms with Gasteiger partial charge in [-0.05, 0) is 61.2 Å². The predicted octanol–water partition coefficient (Wildman–Crippen LogP) is 5.34. The maximum absolute atomic E-state index is 13.8. The molecule has 1 aromatic heterocycles. The molecule has 11 heteroatoms. The number of hydrogen-bond donors (Lipinski definition) is 1. The minimum absolute atomic E-state index is 0.163. The van der Waals surface area contributed by atoms with Crippen LogP contribution in [0.25, 0.3) is 11.3 Å². The molecule has 6 nitrogen and oxygen atoms in total. The molecule has 0 spiro atoms. The van der Waals surface area contributed by atoms with Gasteiger partial charge in [-0.2, -0.15) is 13.2 Å². The van der Waals surface area contributed by atoms with Crippen LogP contribution in [0.4, 0.5) is 29.1 Å². The van der Waals surface area contributed by atoms with Gasteiger partial charge in [0.15, 0.2) is 5.82 Å². The quantitative estimate of drug-likeness (QED) is 0.485. The third-order valence-corrected chi connectivity index (χ3v) is 7.13. The molecule has 0 bridgehead atoms. The second-order valence-corrected chi connectivity index (χ2v) is 9.95. The SMILES string of the molecule is CC1CCN(c2ccc(-c3ccc(NS(=O)(=O)c4ccc(C(F)(F)F)c(F)c4)cc3)nn2)CC1. The lowest BCUT2D eigenvalue weighted by Gasteiger charge is -2.30. The van der Waals surface area contributed by atoms with E-state index in [1.54, 1.807) is 12.1 Å². The molecule has 1 saturated heterocycles. The largest absolute Gasteiger partial charge is 0.419 e. The highest BCUT2D eigenvalue weighted by Crippen LogP contribution is 2.32. The first-order valence-electron chi connectivity index (χ1n) is 10.6.